The third-order valence-electron chi connectivity index (χ3n) is 5.27. The summed E-state index contributed by atoms with van der Waals surface area (Å²) in [6.07, 6.45) is 8.36. The summed E-state index contributed by atoms with van der Waals surface area (Å²) in [5.41, 5.74) is 0.155. The van der Waals surface area contributed by atoms with Crippen molar-refractivity contribution in [3.63, 3.8) is 0 Å². The molecule has 0 aromatic rings. The van der Waals surface area contributed by atoms with Crippen LogP contribution < -0.4 is 5.32 Å². The van der Waals surface area contributed by atoms with E-state index in [9.17, 15) is 4.79 Å². The Labute approximate surface area is 110 Å². The second kappa shape index (κ2) is 3.96. The molecule has 1 spiro atoms. The largest absolute Gasteiger partial charge is 0.322 e. The van der Waals surface area contributed by atoms with Crippen LogP contribution in [-0.4, -0.2) is 28.6 Å². The molecule has 2 aliphatic carbocycles. The molecule has 3 nitrogen and oxygen atoms in total. The first-order chi connectivity index (χ1) is 8.50. The van der Waals surface area contributed by atoms with Gasteiger partial charge in [-0.3, -0.25) is 10.1 Å². The van der Waals surface area contributed by atoms with Gasteiger partial charge in [0.2, 0.25) is 5.91 Å². The van der Waals surface area contributed by atoms with Crippen molar-refractivity contribution in [3.8, 4) is 0 Å². The maximum atomic E-state index is 12.7. The Morgan fingerprint density at radius 2 is 2.06 bits per heavy atom. The third-order valence-corrected chi connectivity index (χ3v) is 5.27. The summed E-state index contributed by atoms with van der Waals surface area (Å²) in [6.45, 7) is 6.87. The number of rotatable bonds is 3. The number of amides is 1. The molecular formula is C15H26N2O. The van der Waals surface area contributed by atoms with E-state index < -0.39 is 0 Å². The predicted octanol–water partition coefficient (Wildman–Crippen LogP) is 2.66. The van der Waals surface area contributed by atoms with Crippen molar-refractivity contribution < 1.29 is 4.79 Å². The normalized spacial score (nSPS) is 36.6. The average Bonchev–Trinajstić information content (AvgIpc) is 2.93. The summed E-state index contributed by atoms with van der Waals surface area (Å²) >= 11 is 0. The lowest BCUT2D eigenvalue weighted by Crippen LogP contribution is -2.49. The molecule has 3 fully saturated rings. The van der Waals surface area contributed by atoms with Gasteiger partial charge in [-0.05, 0) is 37.5 Å². The lowest BCUT2D eigenvalue weighted by Gasteiger charge is -2.38. The zero-order valence-electron chi connectivity index (χ0n) is 12.0. The smallest absolute Gasteiger partial charge is 0.244 e. The quantitative estimate of drug-likeness (QED) is 0.835. The van der Waals surface area contributed by atoms with Crippen LogP contribution in [0.2, 0.25) is 0 Å². The first-order valence-corrected chi connectivity index (χ1v) is 7.61. The van der Waals surface area contributed by atoms with Gasteiger partial charge < -0.3 is 4.90 Å². The Morgan fingerprint density at radius 1 is 1.33 bits per heavy atom. The monoisotopic (exact) mass is 250 g/mol. The SMILES string of the molecule is CCCC1NC2(CC2)C(=O)N1C1CCCC1(C)C. The van der Waals surface area contributed by atoms with E-state index in [1.54, 1.807) is 0 Å². The van der Waals surface area contributed by atoms with Crippen LogP contribution in [0.15, 0.2) is 0 Å². The lowest BCUT2D eigenvalue weighted by molar-refractivity contribution is -0.135. The van der Waals surface area contributed by atoms with E-state index in [0.29, 0.717) is 23.5 Å². The highest BCUT2D eigenvalue weighted by molar-refractivity contribution is 5.92. The van der Waals surface area contributed by atoms with Crippen molar-refractivity contribution in [1.82, 2.24) is 10.2 Å². The molecule has 3 rings (SSSR count). The molecule has 1 amide bonds. The minimum Gasteiger partial charge on any atom is -0.322 e. The van der Waals surface area contributed by atoms with Crippen molar-refractivity contribution in [2.24, 2.45) is 5.41 Å². The highest BCUT2D eigenvalue weighted by atomic mass is 16.2. The minimum atomic E-state index is -0.140. The summed E-state index contributed by atoms with van der Waals surface area (Å²) in [7, 11) is 0. The van der Waals surface area contributed by atoms with Crippen molar-refractivity contribution >= 4 is 5.91 Å². The van der Waals surface area contributed by atoms with Crippen LogP contribution in [0.5, 0.6) is 0 Å². The molecule has 1 saturated heterocycles. The van der Waals surface area contributed by atoms with E-state index in [1.807, 2.05) is 0 Å². The highest BCUT2D eigenvalue weighted by Crippen LogP contribution is 2.48. The van der Waals surface area contributed by atoms with Crippen LogP contribution in [0.1, 0.15) is 65.7 Å². The zero-order valence-corrected chi connectivity index (χ0v) is 12.0. The molecule has 2 saturated carbocycles. The van der Waals surface area contributed by atoms with Crippen LogP contribution >= 0.6 is 0 Å². The Bertz CT molecular complexity index is 360. The number of nitrogens with one attached hydrogen (secondary N) is 1. The molecule has 3 heteroatoms. The molecule has 0 bridgehead atoms. The van der Waals surface area contributed by atoms with Gasteiger partial charge in [0.25, 0.3) is 0 Å². The molecule has 1 N–H and O–H groups in total. The molecule has 2 atom stereocenters. The molecule has 3 aliphatic rings. The first kappa shape index (κ1) is 12.5. The van der Waals surface area contributed by atoms with Crippen molar-refractivity contribution in [3.05, 3.63) is 0 Å². The second-order valence-corrected chi connectivity index (χ2v) is 7.14. The van der Waals surface area contributed by atoms with Gasteiger partial charge in [0.1, 0.15) is 0 Å². The number of carbonyl (C=O) groups excluding carboxylic acids is 1. The molecule has 0 aromatic heterocycles. The Hall–Kier alpha value is -0.570. The van der Waals surface area contributed by atoms with Crippen LogP contribution in [-0.2, 0) is 4.79 Å². The number of carbonyl (C=O) groups is 1. The summed E-state index contributed by atoms with van der Waals surface area (Å²) in [5.74, 6) is 0.404. The molecule has 2 unspecified atom stereocenters. The van der Waals surface area contributed by atoms with Gasteiger partial charge >= 0.3 is 0 Å². The van der Waals surface area contributed by atoms with Gasteiger partial charge in [0.05, 0.1) is 11.7 Å². The summed E-state index contributed by atoms with van der Waals surface area (Å²) in [6, 6.07) is 0.453. The van der Waals surface area contributed by atoms with Crippen LogP contribution in [0.25, 0.3) is 0 Å². The molecule has 102 valence electrons. The van der Waals surface area contributed by atoms with Crippen molar-refractivity contribution in [1.29, 1.82) is 0 Å². The Balaban J connectivity index is 1.85. The van der Waals surface area contributed by atoms with Crippen LogP contribution in [0.3, 0.4) is 0 Å². The number of nitrogens with zero attached hydrogens (tertiary/aromatic N) is 1. The molecular weight excluding hydrogens is 224 g/mol. The van der Waals surface area contributed by atoms with Crippen LogP contribution in [0.4, 0.5) is 0 Å². The molecule has 1 heterocycles. The van der Waals surface area contributed by atoms with Crippen molar-refractivity contribution in [2.45, 2.75) is 83.5 Å². The van der Waals surface area contributed by atoms with Gasteiger partial charge in [0, 0.05) is 6.04 Å². The Kier molecular flexibility index (Phi) is 2.74. The maximum Gasteiger partial charge on any atom is 0.244 e. The van der Waals surface area contributed by atoms with Crippen molar-refractivity contribution in [2.75, 3.05) is 0 Å². The topological polar surface area (TPSA) is 32.3 Å². The highest BCUT2D eigenvalue weighted by Gasteiger charge is 2.61. The number of hydrogen-bond acceptors (Lipinski definition) is 2. The fourth-order valence-corrected chi connectivity index (χ4v) is 3.99. The number of hydrogen-bond donors (Lipinski definition) is 1. The molecule has 0 radical (unpaired) electrons. The van der Waals surface area contributed by atoms with E-state index in [2.05, 4.69) is 31.0 Å². The molecule has 18 heavy (non-hydrogen) atoms. The lowest BCUT2D eigenvalue weighted by atomic mass is 9.86. The summed E-state index contributed by atoms with van der Waals surface area (Å²) in [5, 5.41) is 3.63. The fraction of sp³-hybridized carbons (Fsp3) is 0.933. The van der Waals surface area contributed by atoms with Gasteiger partial charge in [-0.25, -0.2) is 0 Å². The van der Waals surface area contributed by atoms with E-state index in [4.69, 9.17) is 0 Å². The third kappa shape index (κ3) is 1.70. The molecule has 0 aromatic carbocycles. The van der Waals surface area contributed by atoms with E-state index in [0.717, 1.165) is 25.7 Å². The maximum absolute atomic E-state index is 12.7. The van der Waals surface area contributed by atoms with E-state index in [-0.39, 0.29) is 5.54 Å². The van der Waals surface area contributed by atoms with E-state index >= 15 is 0 Å². The van der Waals surface area contributed by atoms with Gasteiger partial charge in [-0.2, -0.15) is 0 Å². The van der Waals surface area contributed by atoms with Gasteiger partial charge in [-0.1, -0.05) is 33.6 Å². The first-order valence-electron chi connectivity index (χ1n) is 7.61. The van der Waals surface area contributed by atoms with Gasteiger partial charge in [0.15, 0.2) is 0 Å². The fourth-order valence-electron chi connectivity index (χ4n) is 3.99. The summed E-state index contributed by atoms with van der Waals surface area (Å²) < 4.78 is 0. The summed E-state index contributed by atoms with van der Waals surface area (Å²) in [4.78, 5) is 15.0. The van der Waals surface area contributed by atoms with Crippen LogP contribution in [0, 0.1) is 5.41 Å². The Morgan fingerprint density at radius 3 is 2.56 bits per heavy atom. The standard InChI is InChI=1S/C15H26N2O/c1-4-6-12-16-15(9-10-15)13(18)17(12)11-7-5-8-14(11,2)3/h11-12,16H,4-10H2,1-3H3. The predicted molar refractivity (Wildman–Crippen MR) is 72.1 cm³/mol. The molecule has 1 aliphatic heterocycles. The zero-order chi connectivity index (χ0) is 13.0. The van der Waals surface area contributed by atoms with E-state index in [1.165, 1.54) is 19.3 Å². The van der Waals surface area contributed by atoms with Gasteiger partial charge in [-0.15, -0.1) is 0 Å². The second-order valence-electron chi connectivity index (χ2n) is 7.14. The average molecular weight is 250 g/mol. The minimum absolute atomic E-state index is 0.140.